The molecule has 0 aromatic carbocycles. The zero-order valence-corrected chi connectivity index (χ0v) is 7.77. The van der Waals surface area contributed by atoms with Gasteiger partial charge in [0.2, 0.25) is 0 Å². The number of ether oxygens (including phenoxy) is 1. The lowest BCUT2D eigenvalue weighted by atomic mass is 10.1. The van der Waals surface area contributed by atoms with Crippen molar-refractivity contribution < 1.29 is 12.3 Å². The third-order valence-electron chi connectivity index (χ3n) is 0.934. The molecule has 0 spiro atoms. The van der Waals surface area contributed by atoms with Crippen molar-refractivity contribution in [3.8, 4) is 0 Å². The van der Waals surface area contributed by atoms with Gasteiger partial charge in [0.05, 0.1) is 8.48 Å². The highest BCUT2D eigenvalue weighted by Crippen LogP contribution is 2.02. The van der Waals surface area contributed by atoms with Crippen LogP contribution in [0.3, 0.4) is 0 Å². The van der Waals surface area contributed by atoms with Gasteiger partial charge in [-0.25, -0.2) is 0 Å². The molecule has 1 unspecified atom stereocenters. The summed E-state index contributed by atoms with van der Waals surface area (Å²) in [5, 5.41) is 0. The van der Waals surface area contributed by atoms with Crippen molar-refractivity contribution in [1.29, 1.82) is 0 Å². The van der Waals surface area contributed by atoms with Gasteiger partial charge in [-0.3, -0.25) is 4.79 Å². The van der Waals surface area contributed by atoms with E-state index in [0.29, 0.717) is 0 Å². The van der Waals surface area contributed by atoms with E-state index in [1.54, 1.807) is 13.8 Å². The first-order valence-corrected chi connectivity index (χ1v) is 3.13. The molecule has 0 amide bonds. The van der Waals surface area contributed by atoms with Gasteiger partial charge in [0.1, 0.15) is 6.02 Å². The number of methoxy groups -OCH3 is 1. The number of hydrogen-bond acceptors (Lipinski definition) is 3. The molecule has 0 aliphatic rings. The Hall–Kier alpha value is -0.280. The van der Waals surface area contributed by atoms with Crippen LogP contribution >= 0.6 is 12.4 Å². The molecule has 2 N–H and O–H groups in total. The van der Waals surface area contributed by atoms with E-state index in [4.69, 9.17) is 8.48 Å². The molecule has 0 heterocycles. The summed E-state index contributed by atoms with van der Waals surface area (Å²) in [6.07, 6.45) is -0.968. The van der Waals surface area contributed by atoms with Crippen LogP contribution in [0, 0.1) is 5.92 Å². The summed E-state index contributed by atoms with van der Waals surface area (Å²) in [6, 6.07) is -1.96. The Balaban J connectivity index is 0. The van der Waals surface area contributed by atoms with Crippen LogP contribution < -0.4 is 5.73 Å². The first-order valence-electron chi connectivity index (χ1n) is 4.21. The minimum atomic E-state index is -1.96. The van der Waals surface area contributed by atoms with Crippen molar-refractivity contribution >= 4 is 18.4 Å². The molecule has 68 valence electrons. The fraction of sp³-hybridized carbons (Fsp3) is 0.857. The van der Waals surface area contributed by atoms with Gasteiger partial charge in [-0.15, -0.1) is 12.4 Å². The lowest BCUT2D eigenvalue weighted by Crippen LogP contribution is -2.32. The van der Waals surface area contributed by atoms with Crippen molar-refractivity contribution in [3.63, 3.8) is 0 Å². The number of nitrogens with two attached hydrogens (primary N) is 1. The van der Waals surface area contributed by atoms with Gasteiger partial charge in [0.25, 0.3) is 0 Å². The number of carbonyl (C=O) groups excluding carboxylic acids is 1. The van der Waals surface area contributed by atoms with Gasteiger partial charge < -0.3 is 10.5 Å². The van der Waals surface area contributed by atoms with Gasteiger partial charge in [-0.05, 0) is 12.3 Å². The third-order valence-corrected chi connectivity index (χ3v) is 0.934. The van der Waals surface area contributed by atoms with Crippen molar-refractivity contribution in [2.24, 2.45) is 11.7 Å². The normalized spacial score (nSPS) is 20.5. The topological polar surface area (TPSA) is 52.3 Å². The standard InChI is InChI=1S/C7H15NO2.ClH/c1-5(2)4-6(8)7(9)10-3;/h5-6H,4,8H2,1-3H3;1H/t6-;/m0./s1/i4D,6D;/t4?,6-;. The molecule has 0 saturated carbocycles. The SMILES string of the molecule is Cl.[2H]C(C(C)C)[C@]([2H])(N)C(=O)OC. The highest BCUT2D eigenvalue weighted by Gasteiger charge is 2.14. The summed E-state index contributed by atoms with van der Waals surface area (Å²) < 4.78 is 19.1. The number of carbonyl (C=O) groups is 1. The Morgan fingerprint density at radius 3 is 2.55 bits per heavy atom. The quantitative estimate of drug-likeness (QED) is 0.663. The Morgan fingerprint density at radius 2 is 2.27 bits per heavy atom. The second-order valence-electron chi connectivity index (χ2n) is 2.36. The average molecular weight is 184 g/mol. The fourth-order valence-electron chi connectivity index (χ4n) is 0.545. The van der Waals surface area contributed by atoms with Crippen LogP contribution in [-0.2, 0) is 9.53 Å². The Kier molecular flexibility index (Phi) is 5.15. The molecule has 0 saturated heterocycles. The smallest absolute Gasteiger partial charge is 0.322 e. The van der Waals surface area contributed by atoms with Gasteiger partial charge in [0, 0.05) is 1.37 Å². The highest BCUT2D eigenvalue weighted by atomic mass is 35.5. The van der Waals surface area contributed by atoms with Gasteiger partial charge in [0.15, 0.2) is 0 Å². The molecule has 2 atom stereocenters. The minimum Gasteiger partial charge on any atom is -0.468 e. The van der Waals surface area contributed by atoms with E-state index in [1.807, 2.05) is 0 Å². The maximum Gasteiger partial charge on any atom is 0.322 e. The summed E-state index contributed by atoms with van der Waals surface area (Å²) in [6.45, 7) is 3.47. The number of rotatable bonds is 3. The Morgan fingerprint density at radius 1 is 1.82 bits per heavy atom. The average Bonchev–Trinajstić information content (AvgIpc) is 2.01. The first kappa shape index (κ1) is 8.81. The van der Waals surface area contributed by atoms with Crippen LogP contribution in [0.1, 0.15) is 23.0 Å². The molecular weight excluding hydrogens is 166 g/mol. The van der Waals surface area contributed by atoms with E-state index in [1.165, 1.54) is 0 Å². The molecule has 0 aliphatic heterocycles. The predicted octanol–water partition coefficient (Wildman–Crippen LogP) is 0.955. The predicted molar refractivity (Wildman–Crippen MR) is 46.7 cm³/mol. The van der Waals surface area contributed by atoms with Crippen molar-refractivity contribution in [1.82, 2.24) is 0 Å². The summed E-state index contributed by atoms with van der Waals surface area (Å²) in [5.41, 5.74) is 5.32. The van der Waals surface area contributed by atoms with Crippen molar-refractivity contribution in [3.05, 3.63) is 0 Å². The number of halogens is 1. The third kappa shape index (κ3) is 6.13. The zero-order valence-electron chi connectivity index (χ0n) is 8.96. The largest absolute Gasteiger partial charge is 0.468 e. The summed E-state index contributed by atoms with van der Waals surface area (Å²) >= 11 is 0. The minimum absolute atomic E-state index is 0. The molecule has 3 nitrogen and oxygen atoms in total. The molecule has 0 bridgehead atoms. The van der Waals surface area contributed by atoms with E-state index in [2.05, 4.69) is 4.74 Å². The summed E-state index contributed by atoms with van der Waals surface area (Å²) in [7, 11) is 1.16. The van der Waals surface area contributed by atoms with E-state index in [-0.39, 0.29) is 18.3 Å². The Bertz CT molecular complexity index is 176. The summed E-state index contributed by atoms with van der Waals surface area (Å²) in [4.78, 5) is 10.9. The lowest BCUT2D eigenvalue weighted by Gasteiger charge is -2.10. The van der Waals surface area contributed by atoms with Crippen LogP contribution in [0.2, 0.25) is 0 Å². The van der Waals surface area contributed by atoms with E-state index < -0.39 is 18.4 Å². The van der Waals surface area contributed by atoms with Gasteiger partial charge in [-0.2, -0.15) is 0 Å². The van der Waals surface area contributed by atoms with Gasteiger partial charge >= 0.3 is 5.97 Å². The lowest BCUT2D eigenvalue weighted by molar-refractivity contribution is -0.142. The molecule has 0 aliphatic carbocycles. The van der Waals surface area contributed by atoms with Crippen LogP contribution in [-0.4, -0.2) is 19.1 Å². The van der Waals surface area contributed by atoms with E-state index in [9.17, 15) is 4.79 Å². The second-order valence-corrected chi connectivity index (χ2v) is 2.36. The molecular formula is C7H16ClNO2. The molecule has 0 aromatic rings. The number of esters is 1. The van der Waals surface area contributed by atoms with Crippen LogP contribution in [0.5, 0.6) is 0 Å². The van der Waals surface area contributed by atoms with Crippen molar-refractivity contribution in [2.45, 2.75) is 26.3 Å². The highest BCUT2D eigenvalue weighted by molar-refractivity contribution is 5.85. The number of hydrogen-bond donors (Lipinski definition) is 1. The fourth-order valence-corrected chi connectivity index (χ4v) is 0.545. The van der Waals surface area contributed by atoms with Crippen LogP contribution in [0.4, 0.5) is 0 Å². The van der Waals surface area contributed by atoms with Crippen LogP contribution in [0.15, 0.2) is 0 Å². The zero-order chi connectivity index (χ0) is 9.94. The molecule has 11 heavy (non-hydrogen) atoms. The second kappa shape index (κ2) is 6.43. The summed E-state index contributed by atoms with van der Waals surface area (Å²) in [5.74, 6) is -1.01. The Labute approximate surface area is 76.5 Å². The maximum absolute atomic E-state index is 10.9. The molecule has 4 heteroatoms. The van der Waals surface area contributed by atoms with Crippen LogP contribution in [0.25, 0.3) is 0 Å². The first-order chi connectivity index (χ1) is 5.34. The monoisotopic (exact) mass is 183 g/mol. The van der Waals surface area contributed by atoms with Crippen molar-refractivity contribution in [2.75, 3.05) is 7.11 Å². The maximum atomic E-state index is 10.9. The van der Waals surface area contributed by atoms with E-state index in [0.717, 1.165) is 7.11 Å². The molecule has 0 rings (SSSR count). The molecule has 0 aromatic heterocycles. The molecule has 0 radical (unpaired) electrons. The molecule has 0 fully saturated rings. The van der Waals surface area contributed by atoms with E-state index >= 15 is 0 Å². The van der Waals surface area contributed by atoms with Gasteiger partial charge in [-0.1, -0.05) is 13.8 Å².